The highest BCUT2D eigenvalue weighted by Crippen LogP contribution is 2.32. The van der Waals surface area contributed by atoms with Crippen molar-refractivity contribution in [1.82, 2.24) is 19.9 Å². The topological polar surface area (TPSA) is 79.5 Å². The first kappa shape index (κ1) is 24.2. The Hall–Kier alpha value is -2.41. The maximum atomic E-state index is 13.3. The lowest BCUT2D eigenvalue weighted by atomic mass is 9.91. The van der Waals surface area contributed by atoms with Crippen molar-refractivity contribution >= 4 is 23.4 Å². The Bertz CT molecular complexity index is 951. The van der Waals surface area contributed by atoms with Gasteiger partial charge in [0.15, 0.2) is 0 Å². The van der Waals surface area contributed by atoms with E-state index < -0.39 is 0 Å². The highest BCUT2D eigenvalue weighted by molar-refractivity contribution is 6.30. The Morgan fingerprint density at radius 2 is 2.03 bits per heavy atom. The normalized spacial score (nSPS) is 17.0. The second kappa shape index (κ2) is 10.0. The van der Waals surface area contributed by atoms with Crippen molar-refractivity contribution in [2.45, 2.75) is 72.4 Å². The number of likely N-dealkylation sites (tertiary alicyclic amines) is 1. The molecule has 3 rings (SSSR count). The SMILES string of the molecule is CC(C)N(CC(=O)N1CCCCC1c1nc(-c2cccc(Cl)c2)no1)C(=O)CC(C)(C)C. The number of piperidine rings is 1. The van der Waals surface area contributed by atoms with Gasteiger partial charge in [-0.15, -0.1) is 0 Å². The molecule has 2 amide bonds. The number of hydrogen-bond donors (Lipinski definition) is 0. The summed E-state index contributed by atoms with van der Waals surface area (Å²) < 4.78 is 5.57. The predicted octanol–water partition coefficient (Wildman–Crippen LogP) is 5.12. The van der Waals surface area contributed by atoms with Gasteiger partial charge in [-0.25, -0.2) is 0 Å². The zero-order chi connectivity index (χ0) is 23.5. The summed E-state index contributed by atoms with van der Waals surface area (Å²) in [6.45, 7) is 10.6. The third-order valence-corrected chi connectivity index (χ3v) is 5.80. The van der Waals surface area contributed by atoms with Crippen LogP contribution in [-0.4, -0.2) is 50.9 Å². The van der Waals surface area contributed by atoms with Crippen molar-refractivity contribution < 1.29 is 14.1 Å². The van der Waals surface area contributed by atoms with Crippen LogP contribution in [0.5, 0.6) is 0 Å². The molecule has 1 atom stereocenters. The van der Waals surface area contributed by atoms with Gasteiger partial charge in [0.2, 0.25) is 23.5 Å². The highest BCUT2D eigenvalue weighted by atomic mass is 35.5. The van der Waals surface area contributed by atoms with Gasteiger partial charge in [0.25, 0.3) is 0 Å². The summed E-state index contributed by atoms with van der Waals surface area (Å²) in [7, 11) is 0. The van der Waals surface area contributed by atoms with Crippen LogP contribution in [-0.2, 0) is 9.59 Å². The molecule has 1 aliphatic rings. The molecule has 0 saturated carbocycles. The van der Waals surface area contributed by atoms with Crippen LogP contribution in [0.3, 0.4) is 0 Å². The van der Waals surface area contributed by atoms with Gasteiger partial charge in [0, 0.05) is 29.6 Å². The fraction of sp³-hybridized carbons (Fsp3) is 0.583. The van der Waals surface area contributed by atoms with Gasteiger partial charge < -0.3 is 14.3 Å². The monoisotopic (exact) mass is 460 g/mol. The van der Waals surface area contributed by atoms with Crippen LogP contribution >= 0.6 is 11.6 Å². The van der Waals surface area contributed by atoms with E-state index in [4.69, 9.17) is 16.1 Å². The van der Waals surface area contributed by atoms with Crippen LogP contribution in [0.25, 0.3) is 11.4 Å². The molecule has 0 radical (unpaired) electrons. The molecule has 1 aliphatic heterocycles. The summed E-state index contributed by atoms with van der Waals surface area (Å²) in [5.74, 6) is 0.776. The molecule has 1 unspecified atom stereocenters. The molecule has 174 valence electrons. The molecular weight excluding hydrogens is 428 g/mol. The summed E-state index contributed by atoms with van der Waals surface area (Å²) >= 11 is 6.08. The van der Waals surface area contributed by atoms with Gasteiger partial charge in [0.1, 0.15) is 6.04 Å². The number of nitrogens with zero attached hydrogens (tertiary/aromatic N) is 4. The number of halogens is 1. The van der Waals surface area contributed by atoms with Crippen LogP contribution < -0.4 is 0 Å². The van der Waals surface area contributed by atoms with Crippen molar-refractivity contribution in [2.75, 3.05) is 13.1 Å². The molecule has 1 aromatic carbocycles. The summed E-state index contributed by atoms with van der Waals surface area (Å²) in [4.78, 5) is 34.2. The van der Waals surface area contributed by atoms with Crippen LogP contribution in [0, 0.1) is 5.41 Å². The molecule has 7 nitrogen and oxygen atoms in total. The van der Waals surface area contributed by atoms with Gasteiger partial charge in [-0.2, -0.15) is 4.98 Å². The Kier molecular flexibility index (Phi) is 7.59. The lowest BCUT2D eigenvalue weighted by Gasteiger charge is -2.36. The maximum absolute atomic E-state index is 13.3. The first-order chi connectivity index (χ1) is 15.0. The third kappa shape index (κ3) is 6.09. The minimum Gasteiger partial charge on any atom is -0.337 e. The van der Waals surface area contributed by atoms with Crippen molar-refractivity contribution in [3.8, 4) is 11.4 Å². The maximum Gasteiger partial charge on any atom is 0.249 e. The fourth-order valence-corrected chi connectivity index (χ4v) is 4.14. The van der Waals surface area contributed by atoms with E-state index in [0.717, 1.165) is 24.8 Å². The Labute approximate surface area is 195 Å². The fourth-order valence-electron chi connectivity index (χ4n) is 3.95. The average Bonchev–Trinajstić information content (AvgIpc) is 3.20. The van der Waals surface area contributed by atoms with E-state index >= 15 is 0 Å². The molecule has 0 N–H and O–H groups in total. The quantitative estimate of drug-likeness (QED) is 0.597. The third-order valence-electron chi connectivity index (χ3n) is 5.56. The number of carbonyl (C=O) groups excluding carboxylic acids is 2. The highest BCUT2D eigenvalue weighted by Gasteiger charge is 2.34. The van der Waals surface area contributed by atoms with Crippen molar-refractivity contribution in [2.24, 2.45) is 5.41 Å². The van der Waals surface area contributed by atoms with Crippen LogP contribution in [0.2, 0.25) is 5.02 Å². The lowest BCUT2D eigenvalue weighted by molar-refractivity contribution is -0.145. The number of benzene rings is 1. The largest absolute Gasteiger partial charge is 0.337 e. The number of aromatic nitrogens is 2. The zero-order valence-corrected chi connectivity index (χ0v) is 20.4. The van der Waals surface area contributed by atoms with E-state index in [1.807, 2.05) is 46.8 Å². The molecule has 0 aliphatic carbocycles. The van der Waals surface area contributed by atoms with Crippen LogP contribution in [0.1, 0.15) is 72.2 Å². The summed E-state index contributed by atoms with van der Waals surface area (Å²) in [5, 5.41) is 4.70. The van der Waals surface area contributed by atoms with E-state index in [1.54, 1.807) is 21.9 Å². The molecule has 0 bridgehead atoms. The van der Waals surface area contributed by atoms with Crippen molar-refractivity contribution in [3.63, 3.8) is 0 Å². The summed E-state index contributed by atoms with van der Waals surface area (Å²) in [5.41, 5.74) is 0.626. The van der Waals surface area contributed by atoms with E-state index in [9.17, 15) is 9.59 Å². The molecule has 8 heteroatoms. The first-order valence-electron chi connectivity index (χ1n) is 11.2. The second-order valence-electron chi connectivity index (χ2n) is 9.92. The number of amides is 2. The Morgan fingerprint density at radius 3 is 2.69 bits per heavy atom. The smallest absolute Gasteiger partial charge is 0.249 e. The molecule has 32 heavy (non-hydrogen) atoms. The molecule has 2 aromatic rings. The van der Waals surface area contributed by atoms with E-state index in [1.165, 1.54) is 0 Å². The minimum absolute atomic E-state index is 0.00422. The van der Waals surface area contributed by atoms with E-state index in [0.29, 0.717) is 29.7 Å². The Balaban J connectivity index is 1.77. The Morgan fingerprint density at radius 1 is 1.28 bits per heavy atom. The molecular formula is C24H33ClN4O3. The molecule has 1 fully saturated rings. The van der Waals surface area contributed by atoms with E-state index in [-0.39, 0.29) is 35.9 Å². The molecule has 1 aromatic heterocycles. The standard InChI is InChI=1S/C24H33ClN4O3/c1-16(2)29(20(30)14-24(3,4)5)15-21(31)28-12-7-6-11-19(28)23-26-22(27-32-23)17-9-8-10-18(25)13-17/h8-10,13,16,19H,6-7,11-12,14-15H2,1-5H3. The van der Waals surface area contributed by atoms with Gasteiger partial charge in [-0.1, -0.05) is 49.7 Å². The van der Waals surface area contributed by atoms with Gasteiger partial charge in [0.05, 0.1) is 6.54 Å². The summed E-state index contributed by atoms with van der Waals surface area (Å²) in [6.07, 6.45) is 3.03. The van der Waals surface area contributed by atoms with Crippen LogP contribution in [0.4, 0.5) is 0 Å². The second-order valence-corrected chi connectivity index (χ2v) is 10.4. The van der Waals surface area contributed by atoms with Crippen molar-refractivity contribution in [1.29, 1.82) is 0 Å². The minimum atomic E-state index is -0.289. The number of rotatable bonds is 6. The van der Waals surface area contributed by atoms with Crippen molar-refractivity contribution in [3.05, 3.63) is 35.2 Å². The molecule has 1 saturated heterocycles. The van der Waals surface area contributed by atoms with Crippen LogP contribution in [0.15, 0.2) is 28.8 Å². The average molecular weight is 461 g/mol. The lowest BCUT2D eigenvalue weighted by Crippen LogP contribution is -2.48. The van der Waals surface area contributed by atoms with Gasteiger partial charge in [-0.05, 0) is 50.7 Å². The predicted molar refractivity (Wildman–Crippen MR) is 124 cm³/mol. The number of hydrogen-bond acceptors (Lipinski definition) is 5. The molecule has 2 heterocycles. The first-order valence-corrected chi connectivity index (χ1v) is 11.6. The summed E-state index contributed by atoms with van der Waals surface area (Å²) in [6, 6.07) is 6.92. The number of carbonyl (C=O) groups is 2. The van der Waals surface area contributed by atoms with Gasteiger partial charge >= 0.3 is 0 Å². The van der Waals surface area contributed by atoms with E-state index in [2.05, 4.69) is 10.1 Å². The van der Waals surface area contributed by atoms with Gasteiger partial charge in [-0.3, -0.25) is 9.59 Å². The zero-order valence-electron chi connectivity index (χ0n) is 19.6. The molecule has 0 spiro atoms.